The highest BCUT2D eigenvalue weighted by atomic mass is 16.5. The first-order valence-electron chi connectivity index (χ1n) is 2.80. The van der Waals surface area contributed by atoms with Gasteiger partial charge in [-0.25, -0.2) is 0 Å². The summed E-state index contributed by atoms with van der Waals surface area (Å²) < 4.78 is 5.00. The van der Waals surface area contributed by atoms with Crippen LogP contribution in [0.4, 0.5) is 0 Å². The summed E-state index contributed by atoms with van der Waals surface area (Å²) in [5.41, 5.74) is 0. The number of rotatable bonds is 1. The Morgan fingerprint density at radius 2 is 2.56 bits per heavy atom. The van der Waals surface area contributed by atoms with Crippen LogP contribution in [-0.2, 0) is 4.74 Å². The molecule has 0 saturated carbocycles. The van der Waals surface area contributed by atoms with Crippen molar-refractivity contribution in [1.82, 2.24) is 4.90 Å². The fourth-order valence-electron chi connectivity index (χ4n) is 0.707. The second kappa shape index (κ2) is 2.53. The predicted octanol–water partition coefficient (Wildman–Crippen LogP) is 0.448. The van der Waals surface area contributed by atoms with Crippen molar-refractivity contribution in [2.75, 3.05) is 20.8 Å². The normalized spacial score (nSPS) is 17.6. The molecule has 1 aliphatic heterocycles. The zero-order chi connectivity index (χ0) is 6.69. The van der Waals surface area contributed by atoms with Crippen LogP contribution in [0.5, 0.6) is 0 Å². The molecule has 0 amide bonds. The minimum absolute atomic E-state index is 0.694. The fourth-order valence-corrected chi connectivity index (χ4v) is 0.707. The Bertz CT molecular complexity index is 151. The summed E-state index contributed by atoms with van der Waals surface area (Å²) in [6, 6.07) is 0. The third-order valence-electron chi connectivity index (χ3n) is 1.20. The third-order valence-corrected chi connectivity index (χ3v) is 1.20. The molecule has 0 unspecified atom stereocenters. The molecule has 0 aromatic heterocycles. The van der Waals surface area contributed by atoms with Crippen LogP contribution in [0.3, 0.4) is 0 Å². The van der Waals surface area contributed by atoms with Gasteiger partial charge in [-0.15, -0.1) is 0 Å². The number of nitrogens with zero attached hydrogens (tertiary/aromatic N) is 2. The van der Waals surface area contributed by atoms with Crippen molar-refractivity contribution < 1.29 is 4.74 Å². The molecular formula is C6H10N2O. The number of hydrogen-bond donors (Lipinski definition) is 0. The Kier molecular flexibility index (Phi) is 1.72. The Morgan fingerprint density at radius 3 is 3.00 bits per heavy atom. The summed E-state index contributed by atoms with van der Waals surface area (Å²) >= 11 is 0. The van der Waals surface area contributed by atoms with E-state index in [4.69, 9.17) is 4.74 Å². The van der Waals surface area contributed by atoms with Crippen LogP contribution < -0.4 is 0 Å². The average Bonchev–Trinajstić information content (AvgIpc) is 1.89. The lowest BCUT2D eigenvalue weighted by Crippen LogP contribution is -2.21. The molecule has 0 atom stereocenters. The van der Waals surface area contributed by atoms with Gasteiger partial charge < -0.3 is 9.64 Å². The van der Waals surface area contributed by atoms with Crippen molar-refractivity contribution in [2.45, 2.75) is 0 Å². The van der Waals surface area contributed by atoms with Gasteiger partial charge in [-0.05, 0) is 0 Å². The van der Waals surface area contributed by atoms with Gasteiger partial charge in [0.2, 0.25) is 0 Å². The van der Waals surface area contributed by atoms with Crippen molar-refractivity contribution in [3.63, 3.8) is 0 Å². The second-order valence-electron chi connectivity index (χ2n) is 1.88. The standard InChI is InChI=1S/C6H10N2O/c1-8-5-7-4-3-6(8)9-2/h3-4H,5H2,1-2H3. The Labute approximate surface area is 54.6 Å². The molecule has 0 aliphatic carbocycles. The maximum Gasteiger partial charge on any atom is 0.191 e. The molecule has 3 heteroatoms. The zero-order valence-electron chi connectivity index (χ0n) is 5.66. The number of methoxy groups -OCH3 is 1. The van der Waals surface area contributed by atoms with Crippen LogP contribution in [-0.4, -0.2) is 31.9 Å². The van der Waals surface area contributed by atoms with E-state index in [1.54, 1.807) is 13.3 Å². The number of hydrogen-bond acceptors (Lipinski definition) is 3. The lowest BCUT2D eigenvalue weighted by molar-refractivity contribution is 0.176. The number of allylic oxidation sites excluding steroid dienone is 1. The van der Waals surface area contributed by atoms with E-state index in [-0.39, 0.29) is 0 Å². The van der Waals surface area contributed by atoms with Crippen molar-refractivity contribution in [3.8, 4) is 0 Å². The van der Waals surface area contributed by atoms with Crippen LogP contribution in [0.2, 0.25) is 0 Å². The first-order chi connectivity index (χ1) is 4.34. The van der Waals surface area contributed by atoms with Gasteiger partial charge in [-0.2, -0.15) is 0 Å². The maximum atomic E-state index is 5.00. The van der Waals surface area contributed by atoms with Gasteiger partial charge in [0.15, 0.2) is 5.88 Å². The predicted molar refractivity (Wildman–Crippen MR) is 36.2 cm³/mol. The van der Waals surface area contributed by atoms with Gasteiger partial charge in [0.25, 0.3) is 0 Å². The Hall–Kier alpha value is -0.990. The van der Waals surface area contributed by atoms with E-state index in [1.165, 1.54) is 0 Å². The summed E-state index contributed by atoms with van der Waals surface area (Å²) in [6.07, 6.45) is 3.59. The summed E-state index contributed by atoms with van der Waals surface area (Å²) in [5, 5.41) is 0. The third kappa shape index (κ3) is 1.22. The van der Waals surface area contributed by atoms with Gasteiger partial charge in [-0.1, -0.05) is 0 Å². The van der Waals surface area contributed by atoms with E-state index >= 15 is 0 Å². The molecule has 0 radical (unpaired) electrons. The van der Waals surface area contributed by atoms with Crippen molar-refractivity contribution in [2.24, 2.45) is 4.99 Å². The van der Waals surface area contributed by atoms with E-state index in [1.807, 2.05) is 18.0 Å². The molecule has 0 spiro atoms. The lowest BCUT2D eigenvalue weighted by atomic mass is 10.5. The van der Waals surface area contributed by atoms with E-state index in [9.17, 15) is 0 Å². The SMILES string of the molecule is COC1=CC=NCN1C. The molecular weight excluding hydrogens is 116 g/mol. The van der Waals surface area contributed by atoms with Gasteiger partial charge in [0.1, 0.15) is 6.67 Å². The summed E-state index contributed by atoms with van der Waals surface area (Å²) in [6.45, 7) is 0.694. The molecule has 1 rings (SSSR count). The van der Waals surface area contributed by atoms with E-state index in [0.717, 1.165) is 5.88 Å². The monoisotopic (exact) mass is 126 g/mol. The minimum atomic E-state index is 0.694. The highest BCUT2D eigenvalue weighted by Crippen LogP contribution is 2.03. The molecule has 0 fully saturated rings. The van der Waals surface area contributed by atoms with E-state index in [2.05, 4.69) is 4.99 Å². The summed E-state index contributed by atoms with van der Waals surface area (Å²) in [4.78, 5) is 5.93. The summed E-state index contributed by atoms with van der Waals surface area (Å²) in [7, 11) is 3.59. The first kappa shape index (κ1) is 6.13. The summed E-state index contributed by atoms with van der Waals surface area (Å²) in [5.74, 6) is 0.866. The maximum absolute atomic E-state index is 5.00. The topological polar surface area (TPSA) is 24.8 Å². The zero-order valence-corrected chi connectivity index (χ0v) is 5.66. The minimum Gasteiger partial charge on any atom is -0.482 e. The van der Waals surface area contributed by atoms with Crippen molar-refractivity contribution in [1.29, 1.82) is 0 Å². The van der Waals surface area contributed by atoms with Gasteiger partial charge in [0.05, 0.1) is 7.11 Å². The Morgan fingerprint density at radius 1 is 1.78 bits per heavy atom. The van der Waals surface area contributed by atoms with Gasteiger partial charge >= 0.3 is 0 Å². The smallest absolute Gasteiger partial charge is 0.191 e. The largest absolute Gasteiger partial charge is 0.482 e. The van der Waals surface area contributed by atoms with Gasteiger partial charge in [-0.3, -0.25) is 4.99 Å². The molecule has 3 nitrogen and oxygen atoms in total. The molecule has 50 valence electrons. The first-order valence-corrected chi connectivity index (χ1v) is 2.80. The number of aliphatic imine (C=N–C) groups is 1. The van der Waals surface area contributed by atoms with Crippen LogP contribution in [0.1, 0.15) is 0 Å². The lowest BCUT2D eigenvalue weighted by Gasteiger charge is -2.20. The Balaban J connectivity index is 2.63. The van der Waals surface area contributed by atoms with Crippen molar-refractivity contribution >= 4 is 6.21 Å². The average molecular weight is 126 g/mol. The molecule has 0 N–H and O–H groups in total. The fraction of sp³-hybridized carbons (Fsp3) is 0.500. The second-order valence-corrected chi connectivity index (χ2v) is 1.88. The van der Waals surface area contributed by atoms with Crippen LogP contribution in [0.25, 0.3) is 0 Å². The van der Waals surface area contributed by atoms with Gasteiger partial charge in [0, 0.05) is 19.3 Å². The quantitative estimate of drug-likeness (QED) is 0.509. The molecule has 9 heavy (non-hydrogen) atoms. The molecule has 1 heterocycles. The molecule has 0 aromatic carbocycles. The highest BCUT2D eigenvalue weighted by Gasteiger charge is 2.03. The molecule has 0 saturated heterocycles. The van der Waals surface area contributed by atoms with Crippen LogP contribution in [0, 0.1) is 0 Å². The van der Waals surface area contributed by atoms with E-state index < -0.39 is 0 Å². The highest BCUT2D eigenvalue weighted by molar-refractivity contribution is 5.72. The number of ether oxygens (including phenoxy) is 1. The van der Waals surface area contributed by atoms with Crippen molar-refractivity contribution in [3.05, 3.63) is 12.0 Å². The molecule has 1 aliphatic rings. The molecule has 0 aromatic rings. The molecule has 0 bridgehead atoms. The van der Waals surface area contributed by atoms with Crippen LogP contribution in [0.15, 0.2) is 17.0 Å². The van der Waals surface area contributed by atoms with Crippen LogP contribution >= 0.6 is 0 Å². The van der Waals surface area contributed by atoms with E-state index in [0.29, 0.717) is 6.67 Å².